The number of ether oxygens (including phenoxy) is 1. The van der Waals surface area contributed by atoms with Crippen LogP contribution >= 0.6 is 23.2 Å². The molecule has 9 heteroatoms. The van der Waals surface area contributed by atoms with Crippen LogP contribution in [0.4, 0.5) is 0 Å². The van der Waals surface area contributed by atoms with E-state index in [9.17, 15) is 19.2 Å². The Morgan fingerprint density at radius 2 is 1.53 bits per heavy atom. The van der Waals surface area contributed by atoms with E-state index >= 15 is 0 Å². The van der Waals surface area contributed by atoms with Crippen molar-refractivity contribution in [2.24, 2.45) is 0 Å². The zero-order valence-corrected chi connectivity index (χ0v) is 26.2. The van der Waals surface area contributed by atoms with Crippen LogP contribution in [0.15, 0.2) is 102 Å². The fraction of sp³-hybridized carbons (Fsp3) is 0.167. The van der Waals surface area contributed by atoms with Gasteiger partial charge in [0.05, 0.1) is 28.2 Å². The van der Waals surface area contributed by atoms with Gasteiger partial charge in [0.2, 0.25) is 5.43 Å². The van der Waals surface area contributed by atoms with Gasteiger partial charge >= 0.3 is 5.97 Å². The van der Waals surface area contributed by atoms with Crippen molar-refractivity contribution in [3.8, 4) is 11.1 Å². The van der Waals surface area contributed by atoms with Gasteiger partial charge in [-0.2, -0.15) is 0 Å². The first-order chi connectivity index (χ1) is 21.6. The lowest BCUT2D eigenvalue weighted by molar-refractivity contribution is -0.119. The average molecular weight is 642 g/mol. The summed E-state index contributed by atoms with van der Waals surface area (Å²) in [4.78, 5) is 52.2. The fourth-order valence-corrected chi connectivity index (χ4v) is 5.35. The Bertz CT molecular complexity index is 1950. The summed E-state index contributed by atoms with van der Waals surface area (Å²) >= 11 is 12.3. The maximum atomic E-state index is 13.4. The van der Waals surface area contributed by atoms with E-state index in [0.717, 1.165) is 16.7 Å². The number of esters is 1. The van der Waals surface area contributed by atoms with E-state index in [4.69, 9.17) is 27.9 Å². The van der Waals surface area contributed by atoms with Crippen molar-refractivity contribution < 1.29 is 19.1 Å². The number of nitrogens with zero attached hydrogens (tertiary/aromatic N) is 1. The molecule has 1 amide bonds. The van der Waals surface area contributed by atoms with Crippen LogP contribution in [0.1, 0.15) is 45.7 Å². The number of benzene rings is 4. The normalized spacial score (nSPS) is 11.6. The molecule has 0 spiro atoms. The van der Waals surface area contributed by atoms with Gasteiger partial charge in [0.15, 0.2) is 5.78 Å². The van der Waals surface area contributed by atoms with Gasteiger partial charge < -0.3 is 14.6 Å². The summed E-state index contributed by atoms with van der Waals surface area (Å²) in [6.45, 7) is 3.70. The number of pyridine rings is 1. The Morgan fingerprint density at radius 3 is 2.22 bits per heavy atom. The lowest BCUT2D eigenvalue weighted by atomic mass is 10.0. The highest BCUT2D eigenvalue weighted by Crippen LogP contribution is 2.24. The van der Waals surface area contributed by atoms with Crippen molar-refractivity contribution in [1.29, 1.82) is 0 Å². The molecule has 7 nitrogen and oxygen atoms in total. The molecule has 0 saturated carbocycles. The molecular weight excluding hydrogens is 611 g/mol. The highest BCUT2D eigenvalue weighted by molar-refractivity contribution is 6.42. The van der Waals surface area contributed by atoms with Crippen molar-refractivity contribution in [2.45, 2.75) is 32.9 Å². The lowest BCUT2D eigenvalue weighted by Crippen LogP contribution is -2.39. The van der Waals surface area contributed by atoms with Crippen LogP contribution in [0.2, 0.25) is 10.0 Å². The Labute approximate surface area is 270 Å². The molecule has 5 rings (SSSR count). The summed E-state index contributed by atoms with van der Waals surface area (Å²) in [7, 11) is 0. The number of aromatic nitrogens is 1. The minimum Gasteiger partial charge on any atom is -0.462 e. The van der Waals surface area contributed by atoms with Crippen molar-refractivity contribution in [3.63, 3.8) is 0 Å². The van der Waals surface area contributed by atoms with E-state index in [1.807, 2.05) is 48.5 Å². The van der Waals surface area contributed by atoms with Crippen molar-refractivity contribution in [1.82, 2.24) is 9.88 Å². The van der Waals surface area contributed by atoms with Crippen LogP contribution in [-0.2, 0) is 22.5 Å². The largest absolute Gasteiger partial charge is 0.462 e. The monoisotopic (exact) mass is 640 g/mol. The Hall–Kier alpha value is -4.72. The smallest absolute Gasteiger partial charge is 0.343 e. The second kappa shape index (κ2) is 13.9. The van der Waals surface area contributed by atoms with E-state index < -0.39 is 17.4 Å². The zero-order valence-electron chi connectivity index (χ0n) is 24.7. The van der Waals surface area contributed by atoms with Gasteiger partial charge in [-0.3, -0.25) is 14.4 Å². The molecule has 1 heterocycles. The molecule has 4 aromatic carbocycles. The van der Waals surface area contributed by atoms with Gasteiger partial charge in [0.1, 0.15) is 5.56 Å². The number of ketones is 1. The molecule has 1 aromatic heterocycles. The third-order valence-electron chi connectivity index (χ3n) is 7.44. The molecule has 45 heavy (non-hydrogen) atoms. The van der Waals surface area contributed by atoms with E-state index in [-0.39, 0.29) is 35.7 Å². The third kappa shape index (κ3) is 7.33. The molecule has 1 atom stereocenters. The predicted octanol–water partition coefficient (Wildman–Crippen LogP) is 7.13. The molecule has 0 aliphatic heterocycles. The van der Waals surface area contributed by atoms with Crippen LogP contribution in [0.5, 0.6) is 0 Å². The number of hydrogen-bond donors (Lipinski definition) is 1. The van der Waals surface area contributed by atoms with Gasteiger partial charge in [0.25, 0.3) is 5.91 Å². The second-order valence-corrected chi connectivity index (χ2v) is 11.4. The number of halogens is 2. The number of fused-ring (bicyclic) bond motifs is 1. The lowest BCUT2D eigenvalue weighted by Gasteiger charge is -2.16. The standard InChI is InChI=1S/C36H30Cl2N2O5/c1-3-45-36(44)29-21-40(20-24-9-15-30(37)31(38)18-24)32-16-10-23(17-28(32)34(29)42)19-33(41)22(2)39-35(43)27-13-11-26(12-14-27)25-7-5-4-6-8-25/h4-18,21-22H,3,19-20H2,1-2H3,(H,39,43)/t22-/m0/s1. The van der Waals surface area contributed by atoms with Crippen LogP contribution in [-0.4, -0.2) is 34.9 Å². The number of nitrogens with one attached hydrogen (secondary N) is 1. The van der Waals surface area contributed by atoms with Crippen LogP contribution in [0, 0.1) is 0 Å². The van der Waals surface area contributed by atoms with Gasteiger partial charge in [-0.25, -0.2) is 4.79 Å². The predicted molar refractivity (Wildman–Crippen MR) is 177 cm³/mol. The Kier molecular flexibility index (Phi) is 9.81. The number of carbonyl (C=O) groups is 3. The van der Waals surface area contributed by atoms with Gasteiger partial charge in [-0.05, 0) is 72.5 Å². The molecule has 0 fully saturated rings. The number of carbonyl (C=O) groups excluding carboxylic acids is 3. The molecular formula is C36H30Cl2N2O5. The van der Waals surface area contributed by atoms with Gasteiger partial charge in [-0.15, -0.1) is 0 Å². The quantitative estimate of drug-likeness (QED) is 0.164. The number of Topliss-reactive ketones (excluding diaryl/α,β-unsaturated/α-hetero) is 1. The summed E-state index contributed by atoms with van der Waals surface area (Å²) in [5, 5.41) is 3.84. The number of hydrogen-bond acceptors (Lipinski definition) is 5. The minimum absolute atomic E-state index is 0.0276. The van der Waals surface area contributed by atoms with E-state index in [0.29, 0.717) is 33.2 Å². The van der Waals surface area contributed by atoms with Crippen LogP contribution in [0.25, 0.3) is 22.0 Å². The molecule has 228 valence electrons. The summed E-state index contributed by atoms with van der Waals surface area (Å²) in [6.07, 6.45) is 1.44. The molecule has 0 radical (unpaired) electrons. The Balaban J connectivity index is 1.36. The first-order valence-electron chi connectivity index (χ1n) is 14.4. The van der Waals surface area contributed by atoms with E-state index in [1.54, 1.807) is 60.9 Å². The van der Waals surface area contributed by atoms with Crippen molar-refractivity contribution in [2.75, 3.05) is 6.61 Å². The highest BCUT2D eigenvalue weighted by atomic mass is 35.5. The third-order valence-corrected chi connectivity index (χ3v) is 8.18. The summed E-state index contributed by atoms with van der Waals surface area (Å²) in [6, 6.07) is 26.5. The summed E-state index contributed by atoms with van der Waals surface area (Å²) in [5.74, 6) is -1.33. The summed E-state index contributed by atoms with van der Waals surface area (Å²) in [5.41, 5.74) is 3.79. The molecule has 0 bridgehead atoms. The molecule has 5 aromatic rings. The molecule has 0 unspecified atom stereocenters. The molecule has 0 aliphatic rings. The van der Waals surface area contributed by atoms with E-state index in [2.05, 4.69) is 5.32 Å². The van der Waals surface area contributed by atoms with Gasteiger partial charge in [0, 0.05) is 30.1 Å². The fourth-order valence-electron chi connectivity index (χ4n) is 5.03. The van der Waals surface area contributed by atoms with Crippen LogP contribution < -0.4 is 10.7 Å². The first kappa shape index (κ1) is 31.7. The topological polar surface area (TPSA) is 94.5 Å². The Morgan fingerprint density at radius 1 is 0.844 bits per heavy atom. The maximum absolute atomic E-state index is 13.4. The van der Waals surface area contributed by atoms with Crippen molar-refractivity contribution in [3.05, 3.63) is 140 Å². The number of amides is 1. The zero-order chi connectivity index (χ0) is 32.1. The number of rotatable bonds is 10. The van der Waals surface area contributed by atoms with Crippen LogP contribution in [0.3, 0.4) is 0 Å². The molecule has 0 saturated heterocycles. The summed E-state index contributed by atoms with van der Waals surface area (Å²) < 4.78 is 6.91. The SMILES string of the molecule is CCOC(=O)c1cn(Cc2ccc(Cl)c(Cl)c2)c2ccc(CC(=O)[C@H](C)NC(=O)c3ccc(-c4ccccc4)cc3)cc2c1=O. The van der Waals surface area contributed by atoms with Gasteiger partial charge in [-0.1, -0.05) is 77.8 Å². The maximum Gasteiger partial charge on any atom is 0.343 e. The molecule has 0 aliphatic carbocycles. The highest BCUT2D eigenvalue weighted by Gasteiger charge is 2.20. The minimum atomic E-state index is -0.779. The molecule has 1 N–H and O–H groups in total. The average Bonchev–Trinajstić information content (AvgIpc) is 3.04. The van der Waals surface area contributed by atoms with Crippen molar-refractivity contribution >= 4 is 51.8 Å². The first-order valence-corrected chi connectivity index (χ1v) is 15.2. The van der Waals surface area contributed by atoms with E-state index in [1.165, 1.54) is 6.20 Å². The second-order valence-electron chi connectivity index (χ2n) is 10.6.